The average molecular weight is 269 g/mol. The minimum Gasteiger partial charge on any atom is -0.310 e. The van der Waals surface area contributed by atoms with Gasteiger partial charge in [0.05, 0.1) is 12.1 Å². The molecular weight excluding hydrogens is 254 g/mol. The van der Waals surface area contributed by atoms with Crippen molar-refractivity contribution in [3.63, 3.8) is 0 Å². The smallest absolute Gasteiger partial charge is 0.268 e. The second-order valence-corrected chi connectivity index (χ2v) is 5.57. The number of nitrogens with zero attached hydrogens (tertiary/aromatic N) is 1. The van der Waals surface area contributed by atoms with Gasteiger partial charge < -0.3 is 10.3 Å². The maximum absolute atomic E-state index is 11.7. The highest BCUT2D eigenvalue weighted by Crippen LogP contribution is 2.13. The first-order valence-electron chi connectivity index (χ1n) is 5.47. The van der Waals surface area contributed by atoms with Crippen molar-refractivity contribution in [2.45, 2.75) is 13.0 Å². The van der Waals surface area contributed by atoms with Crippen molar-refractivity contribution in [2.75, 3.05) is 18.6 Å². The lowest BCUT2D eigenvalue weighted by molar-refractivity contribution is 0.654. The Morgan fingerprint density at radius 3 is 3.29 bits per heavy atom. The minimum atomic E-state index is -0.0362. The highest BCUT2D eigenvalue weighted by molar-refractivity contribution is 7.98. The van der Waals surface area contributed by atoms with Gasteiger partial charge >= 0.3 is 0 Å². The summed E-state index contributed by atoms with van der Waals surface area (Å²) in [6.45, 7) is 1.57. The molecule has 0 aliphatic heterocycles. The minimum absolute atomic E-state index is 0.0362. The molecule has 17 heavy (non-hydrogen) atoms. The molecule has 0 unspecified atom stereocenters. The molecule has 0 atom stereocenters. The van der Waals surface area contributed by atoms with E-state index in [9.17, 15) is 4.79 Å². The number of H-pyrrole nitrogens is 1. The summed E-state index contributed by atoms with van der Waals surface area (Å²) in [7, 11) is 0. The predicted molar refractivity (Wildman–Crippen MR) is 74.9 cm³/mol. The summed E-state index contributed by atoms with van der Waals surface area (Å²) >= 11 is 3.27. The number of aromatic amines is 1. The van der Waals surface area contributed by atoms with E-state index in [0.29, 0.717) is 17.1 Å². The zero-order valence-electron chi connectivity index (χ0n) is 9.66. The van der Waals surface area contributed by atoms with Crippen LogP contribution in [0.25, 0.3) is 10.2 Å². The number of fused-ring (bicyclic) bond motifs is 1. The van der Waals surface area contributed by atoms with Crippen molar-refractivity contribution in [3.05, 3.63) is 27.6 Å². The summed E-state index contributed by atoms with van der Waals surface area (Å²) in [5.41, 5.74) is 0.755. The van der Waals surface area contributed by atoms with Crippen molar-refractivity contribution in [1.29, 1.82) is 0 Å². The Labute approximate surface area is 108 Å². The Balaban J connectivity index is 1.97. The fraction of sp³-hybridized carbons (Fsp3) is 0.455. The van der Waals surface area contributed by atoms with Gasteiger partial charge in [-0.3, -0.25) is 4.79 Å². The molecule has 2 N–H and O–H groups in total. The van der Waals surface area contributed by atoms with Crippen molar-refractivity contribution in [3.8, 4) is 0 Å². The van der Waals surface area contributed by atoms with Crippen molar-refractivity contribution < 1.29 is 0 Å². The normalized spacial score (nSPS) is 11.1. The van der Waals surface area contributed by atoms with E-state index in [2.05, 4.69) is 21.5 Å². The van der Waals surface area contributed by atoms with Crippen LogP contribution in [0.2, 0.25) is 0 Å². The van der Waals surface area contributed by atoms with Gasteiger partial charge in [-0.2, -0.15) is 11.8 Å². The van der Waals surface area contributed by atoms with Crippen LogP contribution in [0.3, 0.4) is 0 Å². The first kappa shape index (κ1) is 12.6. The van der Waals surface area contributed by atoms with Gasteiger partial charge in [-0.05, 0) is 36.4 Å². The van der Waals surface area contributed by atoms with E-state index in [1.54, 1.807) is 0 Å². The van der Waals surface area contributed by atoms with Crippen LogP contribution >= 0.6 is 23.1 Å². The Morgan fingerprint density at radius 1 is 1.59 bits per heavy atom. The molecule has 0 aliphatic carbocycles. The average Bonchev–Trinajstić information content (AvgIpc) is 2.77. The van der Waals surface area contributed by atoms with Crippen LogP contribution in [0, 0.1) is 0 Å². The van der Waals surface area contributed by atoms with Gasteiger partial charge in [0.1, 0.15) is 10.5 Å². The van der Waals surface area contributed by atoms with Crippen molar-refractivity contribution in [2.24, 2.45) is 0 Å². The van der Waals surface area contributed by atoms with Gasteiger partial charge in [-0.15, -0.1) is 11.3 Å². The van der Waals surface area contributed by atoms with E-state index in [0.717, 1.165) is 24.2 Å². The highest BCUT2D eigenvalue weighted by Gasteiger charge is 2.04. The van der Waals surface area contributed by atoms with Crippen molar-refractivity contribution in [1.82, 2.24) is 15.3 Å². The van der Waals surface area contributed by atoms with Gasteiger partial charge in [0.15, 0.2) is 0 Å². The molecule has 2 aromatic heterocycles. The third-order valence-electron chi connectivity index (χ3n) is 2.36. The second kappa shape index (κ2) is 6.18. The molecule has 0 aliphatic rings. The molecule has 6 heteroatoms. The lowest BCUT2D eigenvalue weighted by Crippen LogP contribution is -2.20. The van der Waals surface area contributed by atoms with Crippen molar-refractivity contribution >= 4 is 33.3 Å². The van der Waals surface area contributed by atoms with Gasteiger partial charge in [0.25, 0.3) is 5.56 Å². The summed E-state index contributed by atoms with van der Waals surface area (Å²) < 4.78 is 0.705. The maximum atomic E-state index is 11.7. The molecule has 4 nitrogen and oxygen atoms in total. The topological polar surface area (TPSA) is 57.8 Å². The third kappa shape index (κ3) is 3.31. The summed E-state index contributed by atoms with van der Waals surface area (Å²) in [5, 5.41) is 5.17. The van der Waals surface area contributed by atoms with Crippen LogP contribution in [0.1, 0.15) is 12.2 Å². The molecule has 0 bridgehead atoms. The number of aromatic nitrogens is 2. The summed E-state index contributed by atoms with van der Waals surface area (Å²) in [6.07, 6.45) is 3.23. The molecule has 0 radical (unpaired) electrons. The fourth-order valence-electron chi connectivity index (χ4n) is 1.55. The van der Waals surface area contributed by atoms with E-state index in [1.165, 1.54) is 11.3 Å². The number of thioether (sulfide) groups is 1. The number of hydrogen-bond acceptors (Lipinski definition) is 5. The highest BCUT2D eigenvalue weighted by atomic mass is 32.2. The van der Waals surface area contributed by atoms with E-state index < -0.39 is 0 Å². The monoisotopic (exact) mass is 269 g/mol. The van der Waals surface area contributed by atoms with Crippen LogP contribution in [0.5, 0.6) is 0 Å². The molecular formula is C11H15N3OS2. The van der Waals surface area contributed by atoms with E-state index in [-0.39, 0.29) is 5.56 Å². The largest absolute Gasteiger partial charge is 0.310 e. The SMILES string of the molecule is CSCCCNCc1nc2ccsc2c(=O)[nH]1. The first-order chi connectivity index (χ1) is 8.31. The van der Waals surface area contributed by atoms with Crippen LogP contribution in [0.15, 0.2) is 16.2 Å². The molecule has 2 rings (SSSR count). The van der Waals surface area contributed by atoms with Gasteiger partial charge in [0.2, 0.25) is 0 Å². The molecule has 92 valence electrons. The van der Waals surface area contributed by atoms with Gasteiger partial charge in [0, 0.05) is 0 Å². The quantitative estimate of drug-likeness (QED) is 0.786. The predicted octanol–water partition coefficient (Wildman–Crippen LogP) is 1.83. The van der Waals surface area contributed by atoms with Gasteiger partial charge in [-0.25, -0.2) is 4.98 Å². The number of hydrogen-bond donors (Lipinski definition) is 2. The third-order valence-corrected chi connectivity index (χ3v) is 3.96. The van der Waals surface area contributed by atoms with Crippen LogP contribution < -0.4 is 10.9 Å². The molecule has 0 saturated heterocycles. The van der Waals surface area contributed by atoms with Crippen LogP contribution in [0.4, 0.5) is 0 Å². The maximum Gasteiger partial charge on any atom is 0.268 e. The Kier molecular flexibility index (Phi) is 4.58. The molecule has 0 spiro atoms. The second-order valence-electron chi connectivity index (χ2n) is 3.67. The zero-order chi connectivity index (χ0) is 12.1. The van der Waals surface area contributed by atoms with Crippen LogP contribution in [-0.4, -0.2) is 28.5 Å². The number of thiophene rings is 1. The lowest BCUT2D eigenvalue weighted by Gasteiger charge is -2.03. The van der Waals surface area contributed by atoms with E-state index in [4.69, 9.17) is 0 Å². The molecule has 2 aromatic rings. The molecule has 0 fully saturated rings. The molecule has 0 amide bonds. The standard InChI is InChI=1S/C11H15N3OS2/c1-16-5-2-4-12-7-9-13-8-3-6-17-10(8)11(15)14-9/h3,6,12H,2,4-5,7H2,1H3,(H,13,14,15). The number of rotatable bonds is 6. The van der Waals surface area contributed by atoms with E-state index >= 15 is 0 Å². The molecule has 0 saturated carbocycles. The lowest BCUT2D eigenvalue weighted by atomic mass is 10.4. The zero-order valence-corrected chi connectivity index (χ0v) is 11.3. The Bertz CT molecular complexity index is 535. The fourth-order valence-corrected chi connectivity index (χ4v) is 2.71. The summed E-state index contributed by atoms with van der Waals surface area (Å²) in [6, 6.07) is 1.88. The molecule has 0 aromatic carbocycles. The summed E-state index contributed by atoms with van der Waals surface area (Å²) in [5.74, 6) is 1.87. The van der Waals surface area contributed by atoms with Gasteiger partial charge in [-0.1, -0.05) is 0 Å². The Morgan fingerprint density at radius 2 is 2.47 bits per heavy atom. The number of nitrogens with one attached hydrogen (secondary N) is 2. The first-order valence-corrected chi connectivity index (χ1v) is 7.74. The van der Waals surface area contributed by atoms with Crippen LogP contribution in [-0.2, 0) is 6.54 Å². The van der Waals surface area contributed by atoms with E-state index in [1.807, 2.05) is 23.2 Å². The molecule has 2 heterocycles. The summed E-state index contributed by atoms with van der Waals surface area (Å²) in [4.78, 5) is 18.9. The Hall–Kier alpha value is -0.850.